The minimum atomic E-state index is -2.92. The quantitative estimate of drug-likeness (QED) is 0.608. The van der Waals surface area contributed by atoms with Crippen LogP contribution in [-0.2, 0) is 13.2 Å². The van der Waals surface area contributed by atoms with Gasteiger partial charge in [0.15, 0.2) is 0 Å². The maximum Gasteiger partial charge on any atom is 0.387 e. The third-order valence-electron chi connectivity index (χ3n) is 4.03. The fourth-order valence-electron chi connectivity index (χ4n) is 2.68. The van der Waals surface area contributed by atoms with Crippen molar-refractivity contribution < 1.29 is 23.0 Å². The Morgan fingerprint density at radius 2 is 1.50 bits per heavy atom. The van der Waals surface area contributed by atoms with Crippen LogP contribution in [-0.4, -0.2) is 12.5 Å². The summed E-state index contributed by atoms with van der Waals surface area (Å²) in [6.45, 7) is -2.62. The lowest BCUT2D eigenvalue weighted by Crippen LogP contribution is -2.24. The molecule has 0 saturated heterocycles. The van der Waals surface area contributed by atoms with Gasteiger partial charge in [-0.25, -0.2) is 0 Å². The van der Waals surface area contributed by atoms with E-state index in [1.165, 1.54) is 6.07 Å². The van der Waals surface area contributed by atoms with Gasteiger partial charge in [-0.3, -0.25) is 4.79 Å². The zero-order valence-corrected chi connectivity index (χ0v) is 15.0. The van der Waals surface area contributed by atoms with E-state index in [1.54, 1.807) is 30.3 Å². The first-order chi connectivity index (χ1) is 13.6. The Morgan fingerprint density at radius 3 is 2.25 bits per heavy atom. The SMILES string of the molecule is O=C(NCc1ccccc1OC(F)F)c1ccccc1COc1ccccc1. The summed E-state index contributed by atoms with van der Waals surface area (Å²) in [5, 5.41) is 2.75. The molecule has 0 saturated carbocycles. The molecule has 1 amide bonds. The second-order valence-corrected chi connectivity index (χ2v) is 5.93. The molecule has 0 aliphatic carbocycles. The maximum atomic E-state index is 12.6. The summed E-state index contributed by atoms with van der Waals surface area (Å²) >= 11 is 0. The smallest absolute Gasteiger partial charge is 0.387 e. The molecule has 0 fully saturated rings. The average molecular weight is 383 g/mol. The van der Waals surface area contributed by atoms with Crippen molar-refractivity contribution in [3.05, 3.63) is 95.6 Å². The van der Waals surface area contributed by atoms with Crippen LogP contribution in [0.5, 0.6) is 11.5 Å². The van der Waals surface area contributed by atoms with Gasteiger partial charge in [-0.1, -0.05) is 54.6 Å². The highest BCUT2D eigenvalue weighted by atomic mass is 19.3. The topological polar surface area (TPSA) is 47.6 Å². The second kappa shape index (κ2) is 9.50. The molecule has 0 aromatic heterocycles. The van der Waals surface area contributed by atoms with Crippen LogP contribution >= 0.6 is 0 Å². The van der Waals surface area contributed by atoms with E-state index in [2.05, 4.69) is 10.1 Å². The lowest BCUT2D eigenvalue weighted by atomic mass is 10.1. The van der Waals surface area contributed by atoms with Crippen molar-refractivity contribution in [3.63, 3.8) is 0 Å². The predicted molar refractivity (Wildman–Crippen MR) is 101 cm³/mol. The van der Waals surface area contributed by atoms with Gasteiger partial charge in [-0.15, -0.1) is 0 Å². The molecule has 0 heterocycles. The molecule has 0 aliphatic heterocycles. The van der Waals surface area contributed by atoms with Crippen LogP contribution in [0.2, 0.25) is 0 Å². The van der Waals surface area contributed by atoms with Gasteiger partial charge >= 0.3 is 6.61 Å². The number of carbonyl (C=O) groups is 1. The fourth-order valence-corrected chi connectivity index (χ4v) is 2.68. The Balaban J connectivity index is 1.67. The molecule has 0 radical (unpaired) electrons. The number of nitrogens with one attached hydrogen (secondary N) is 1. The van der Waals surface area contributed by atoms with E-state index in [9.17, 15) is 13.6 Å². The molecule has 3 aromatic rings. The summed E-state index contributed by atoms with van der Waals surface area (Å²) in [5.41, 5.74) is 1.65. The molecule has 3 rings (SSSR count). The van der Waals surface area contributed by atoms with E-state index in [-0.39, 0.29) is 24.8 Å². The summed E-state index contributed by atoms with van der Waals surface area (Å²) in [5.74, 6) is 0.424. The van der Waals surface area contributed by atoms with Crippen LogP contribution in [0, 0.1) is 0 Å². The molecule has 6 heteroatoms. The van der Waals surface area contributed by atoms with Gasteiger partial charge in [0.25, 0.3) is 5.91 Å². The molecule has 0 atom stereocenters. The van der Waals surface area contributed by atoms with Crippen molar-refractivity contribution in [2.24, 2.45) is 0 Å². The number of alkyl halides is 2. The van der Waals surface area contributed by atoms with Crippen LogP contribution in [0.25, 0.3) is 0 Å². The average Bonchev–Trinajstić information content (AvgIpc) is 2.72. The van der Waals surface area contributed by atoms with Gasteiger partial charge in [-0.2, -0.15) is 8.78 Å². The maximum absolute atomic E-state index is 12.6. The Morgan fingerprint density at radius 1 is 0.857 bits per heavy atom. The molecule has 4 nitrogen and oxygen atoms in total. The van der Waals surface area contributed by atoms with E-state index in [4.69, 9.17) is 4.74 Å². The Bertz CT molecular complexity index is 916. The molecular weight excluding hydrogens is 364 g/mol. The highest BCUT2D eigenvalue weighted by molar-refractivity contribution is 5.95. The number of hydrogen-bond donors (Lipinski definition) is 1. The molecule has 0 bridgehead atoms. The number of para-hydroxylation sites is 2. The van der Waals surface area contributed by atoms with Gasteiger partial charge in [-0.05, 0) is 24.3 Å². The standard InChI is InChI=1S/C22H19F2NO3/c23-22(24)28-20-13-7-5-8-16(20)14-25-21(26)19-12-6-4-9-17(19)15-27-18-10-2-1-3-11-18/h1-13,22H,14-15H2,(H,25,26). The molecule has 0 unspecified atom stereocenters. The Labute approximate surface area is 161 Å². The number of rotatable bonds is 8. The van der Waals surface area contributed by atoms with Crippen molar-refractivity contribution >= 4 is 5.91 Å². The first kappa shape index (κ1) is 19.4. The number of ether oxygens (including phenoxy) is 2. The molecule has 1 N–H and O–H groups in total. The zero-order chi connectivity index (χ0) is 19.8. The lowest BCUT2D eigenvalue weighted by Gasteiger charge is -2.13. The van der Waals surface area contributed by atoms with Crippen LogP contribution in [0.15, 0.2) is 78.9 Å². The van der Waals surface area contributed by atoms with Crippen molar-refractivity contribution in [2.45, 2.75) is 19.8 Å². The van der Waals surface area contributed by atoms with E-state index >= 15 is 0 Å². The van der Waals surface area contributed by atoms with Crippen LogP contribution in [0.1, 0.15) is 21.5 Å². The summed E-state index contributed by atoms with van der Waals surface area (Å²) in [6.07, 6.45) is 0. The number of benzene rings is 3. The van der Waals surface area contributed by atoms with Crippen molar-refractivity contribution in [3.8, 4) is 11.5 Å². The molecule has 144 valence electrons. The first-order valence-corrected chi connectivity index (χ1v) is 8.70. The van der Waals surface area contributed by atoms with Crippen LogP contribution < -0.4 is 14.8 Å². The Hall–Kier alpha value is -3.41. The van der Waals surface area contributed by atoms with E-state index in [1.807, 2.05) is 42.5 Å². The second-order valence-electron chi connectivity index (χ2n) is 5.93. The number of amides is 1. The normalized spacial score (nSPS) is 10.5. The summed E-state index contributed by atoms with van der Waals surface area (Å²) < 4.78 is 35.3. The molecule has 0 aliphatic rings. The van der Waals surface area contributed by atoms with Crippen molar-refractivity contribution in [2.75, 3.05) is 0 Å². The third-order valence-corrected chi connectivity index (χ3v) is 4.03. The molecular formula is C22H19F2NO3. The first-order valence-electron chi connectivity index (χ1n) is 8.70. The number of halogens is 2. The van der Waals surface area contributed by atoms with Crippen molar-refractivity contribution in [1.29, 1.82) is 0 Å². The minimum absolute atomic E-state index is 0.0403. The van der Waals surface area contributed by atoms with Crippen molar-refractivity contribution in [1.82, 2.24) is 5.32 Å². The minimum Gasteiger partial charge on any atom is -0.489 e. The lowest BCUT2D eigenvalue weighted by molar-refractivity contribution is -0.0504. The van der Waals surface area contributed by atoms with E-state index in [0.29, 0.717) is 16.9 Å². The fraction of sp³-hybridized carbons (Fsp3) is 0.136. The summed E-state index contributed by atoms with van der Waals surface area (Å²) in [4.78, 5) is 12.6. The third kappa shape index (κ3) is 5.30. The molecule has 3 aromatic carbocycles. The highest BCUT2D eigenvalue weighted by Gasteiger charge is 2.13. The number of carbonyl (C=O) groups excluding carboxylic acids is 1. The van der Waals surface area contributed by atoms with Gasteiger partial charge in [0, 0.05) is 23.2 Å². The van der Waals surface area contributed by atoms with Crippen LogP contribution in [0.4, 0.5) is 8.78 Å². The summed E-state index contributed by atoms with van der Waals surface area (Å²) in [7, 11) is 0. The number of hydrogen-bond acceptors (Lipinski definition) is 3. The summed E-state index contributed by atoms with van der Waals surface area (Å²) in [6, 6.07) is 22.8. The largest absolute Gasteiger partial charge is 0.489 e. The monoisotopic (exact) mass is 383 g/mol. The molecule has 0 spiro atoms. The van der Waals surface area contributed by atoms with Gasteiger partial charge in [0.2, 0.25) is 0 Å². The van der Waals surface area contributed by atoms with Gasteiger partial charge < -0.3 is 14.8 Å². The predicted octanol–water partition coefficient (Wildman–Crippen LogP) is 4.80. The van der Waals surface area contributed by atoms with Gasteiger partial charge in [0.1, 0.15) is 18.1 Å². The van der Waals surface area contributed by atoms with E-state index < -0.39 is 6.61 Å². The zero-order valence-electron chi connectivity index (χ0n) is 15.0. The van der Waals surface area contributed by atoms with Crippen LogP contribution in [0.3, 0.4) is 0 Å². The molecule has 28 heavy (non-hydrogen) atoms. The Kier molecular flexibility index (Phi) is 6.57. The highest BCUT2D eigenvalue weighted by Crippen LogP contribution is 2.20. The van der Waals surface area contributed by atoms with E-state index in [0.717, 1.165) is 5.56 Å². The van der Waals surface area contributed by atoms with Gasteiger partial charge in [0.05, 0.1) is 0 Å².